The molecule has 1 saturated heterocycles. The number of carbonyl (C=O) groups is 2. The van der Waals surface area contributed by atoms with Gasteiger partial charge in [0.2, 0.25) is 11.8 Å². The van der Waals surface area contributed by atoms with Crippen molar-refractivity contribution < 1.29 is 18.7 Å². The lowest BCUT2D eigenvalue weighted by Crippen LogP contribution is -2.46. The molecular formula is C19H22N2O4. The summed E-state index contributed by atoms with van der Waals surface area (Å²) in [6.07, 6.45) is 3.39. The molecule has 1 atom stereocenters. The lowest BCUT2D eigenvalue weighted by molar-refractivity contribution is -0.138. The van der Waals surface area contributed by atoms with E-state index < -0.39 is 6.04 Å². The van der Waals surface area contributed by atoms with Crippen LogP contribution in [0.4, 0.5) is 0 Å². The summed E-state index contributed by atoms with van der Waals surface area (Å²) in [7, 11) is 1.61. The molecule has 1 aliphatic heterocycles. The number of carbonyl (C=O) groups excluding carboxylic acids is 2. The van der Waals surface area contributed by atoms with Crippen LogP contribution in [0.5, 0.6) is 5.75 Å². The zero-order chi connectivity index (χ0) is 17.6. The Morgan fingerprint density at radius 1 is 1.28 bits per heavy atom. The molecule has 1 aromatic carbocycles. The highest BCUT2D eigenvalue weighted by Crippen LogP contribution is 2.20. The molecule has 0 aliphatic carbocycles. The van der Waals surface area contributed by atoms with Crippen molar-refractivity contribution in [3.63, 3.8) is 0 Å². The van der Waals surface area contributed by atoms with Gasteiger partial charge in [-0.2, -0.15) is 0 Å². The van der Waals surface area contributed by atoms with Gasteiger partial charge >= 0.3 is 0 Å². The van der Waals surface area contributed by atoms with Crippen molar-refractivity contribution in [3.05, 3.63) is 54.0 Å². The summed E-state index contributed by atoms with van der Waals surface area (Å²) in [5.41, 5.74) is 0.910. The SMILES string of the molecule is COc1ccc(CC(=O)N2CCC[C@@H]2C(=O)NCc2ccco2)cc1. The molecule has 25 heavy (non-hydrogen) atoms. The number of furan rings is 1. The van der Waals surface area contributed by atoms with Crippen LogP contribution in [-0.4, -0.2) is 36.4 Å². The van der Waals surface area contributed by atoms with Gasteiger partial charge in [0, 0.05) is 6.54 Å². The van der Waals surface area contributed by atoms with Crippen molar-refractivity contribution in [1.82, 2.24) is 10.2 Å². The van der Waals surface area contributed by atoms with E-state index in [1.54, 1.807) is 24.3 Å². The van der Waals surface area contributed by atoms with E-state index in [4.69, 9.17) is 9.15 Å². The van der Waals surface area contributed by atoms with Crippen molar-refractivity contribution in [2.24, 2.45) is 0 Å². The van der Waals surface area contributed by atoms with Gasteiger partial charge in [-0.05, 0) is 42.7 Å². The molecule has 132 valence electrons. The quantitative estimate of drug-likeness (QED) is 0.873. The number of rotatable bonds is 6. The maximum atomic E-state index is 12.6. The molecule has 0 saturated carbocycles. The van der Waals surface area contributed by atoms with Crippen LogP contribution < -0.4 is 10.1 Å². The van der Waals surface area contributed by atoms with E-state index in [1.165, 1.54) is 0 Å². The molecule has 3 rings (SSSR count). The Morgan fingerprint density at radius 2 is 2.08 bits per heavy atom. The minimum absolute atomic E-state index is 0.0270. The second-order valence-corrected chi connectivity index (χ2v) is 6.07. The van der Waals surface area contributed by atoms with E-state index in [9.17, 15) is 9.59 Å². The lowest BCUT2D eigenvalue weighted by Gasteiger charge is -2.24. The van der Waals surface area contributed by atoms with Crippen LogP contribution in [0.25, 0.3) is 0 Å². The summed E-state index contributed by atoms with van der Waals surface area (Å²) in [5.74, 6) is 1.30. The van der Waals surface area contributed by atoms with Crippen molar-refractivity contribution in [1.29, 1.82) is 0 Å². The maximum absolute atomic E-state index is 12.6. The van der Waals surface area contributed by atoms with Gasteiger partial charge in [-0.1, -0.05) is 12.1 Å². The van der Waals surface area contributed by atoms with Crippen LogP contribution in [0.2, 0.25) is 0 Å². The molecule has 0 unspecified atom stereocenters. The number of nitrogens with zero attached hydrogens (tertiary/aromatic N) is 1. The zero-order valence-corrected chi connectivity index (χ0v) is 14.2. The predicted molar refractivity (Wildman–Crippen MR) is 92.0 cm³/mol. The average molecular weight is 342 g/mol. The summed E-state index contributed by atoms with van der Waals surface area (Å²) in [4.78, 5) is 26.7. The van der Waals surface area contributed by atoms with Crippen LogP contribution in [-0.2, 0) is 22.6 Å². The van der Waals surface area contributed by atoms with Crippen LogP contribution in [0, 0.1) is 0 Å². The van der Waals surface area contributed by atoms with Gasteiger partial charge in [0.1, 0.15) is 17.6 Å². The molecule has 2 amide bonds. The first-order valence-corrected chi connectivity index (χ1v) is 8.40. The Kier molecular flexibility index (Phi) is 5.38. The van der Waals surface area contributed by atoms with E-state index >= 15 is 0 Å². The largest absolute Gasteiger partial charge is 0.497 e. The number of hydrogen-bond acceptors (Lipinski definition) is 4. The molecular weight excluding hydrogens is 320 g/mol. The molecule has 0 radical (unpaired) electrons. The van der Waals surface area contributed by atoms with Gasteiger partial charge in [0.05, 0.1) is 26.3 Å². The molecule has 1 N–H and O–H groups in total. The molecule has 2 aromatic rings. The maximum Gasteiger partial charge on any atom is 0.243 e. The summed E-state index contributed by atoms with van der Waals surface area (Å²) in [5, 5.41) is 2.85. The van der Waals surface area contributed by atoms with E-state index in [0.717, 1.165) is 17.7 Å². The second kappa shape index (κ2) is 7.88. The summed E-state index contributed by atoms with van der Waals surface area (Å²) in [6, 6.07) is 10.6. The molecule has 0 spiro atoms. The molecule has 6 nitrogen and oxygen atoms in total. The minimum Gasteiger partial charge on any atom is -0.497 e. The average Bonchev–Trinajstić information content (AvgIpc) is 3.32. The first-order chi connectivity index (χ1) is 12.2. The van der Waals surface area contributed by atoms with Gasteiger partial charge < -0.3 is 19.4 Å². The highest BCUT2D eigenvalue weighted by atomic mass is 16.5. The molecule has 6 heteroatoms. The first-order valence-electron chi connectivity index (χ1n) is 8.40. The number of amides is 2. The van der Waals surface area contributed by atoms with Gasteiger partial charge in [0.25, 0.3) is 0 Å². The van der Waals surface area contributed by atoms with E-state index in [2.05, 4.69) is 5.32 Å². The first kappa shape index (κ1) is 17.1. The second-order valence-electron chi connectivity index (χ2n) is 6.07. The third-order valence-corrected chi connectivity index (χ3v) is 4.41. The number of hydrogen-bond donors (Lipinski definition) is 1. The van der Waals surface area contributed by atoms with Crippen molar-refractivity contribution >= 4 is 11.8 Å². The highest BCUT2D eigenvalue weighted by molar-refractivity contribution is 5.89. The fourth-order valence-electron chi connectivity index (χ4n) is 3.06. The van der Waals surface area contributed by atoms with E-state index in [0.29, 0.717) is 25.3 Å². The van der Waals surface area contributed by atoms with Crippen LogP contribution in [0.3, 0.4) is 0 Å². The van der Waals surface area contributed by atoms with Crippen LogP contribution >= 0.6 is 0 Å². The Labute approximate surface area is 146 Å². The van der Waals surface area contributed by atoms with Crippen LogP contribution in [0.1, 0.15) is 24.2 Å². The Morgan fingerprint density at radius 3 is 2.76 bits per heavy atom. The third kappa shape index (κ3) is 4.21. The Balaban J connectivity index is 1.57. The Bertz CT molecular complexity index is 710. The van der Waals surface area contributed by atoms with E-state index in [1.807, 2.05) is 30.3 Å². The number of likely N-dealkylation sites (tertiary alicyclic amines) is 1. The minimum atomic E-state index is -0.402. The lowest BCUT2D eigenvalue weighted by atomic mass is 10.1. The fraction of sp³-hybridized carbons (Fsp3) is 0.368. The number of benzene rings is 1. The van der Waals surface area contributed by atoms with E-state index in [-0.39, 0.29) is 18.2 Å². The third-order valence-electron chi connectivity index (χ3n) is 4.41. The van der Waals surface area contributed by atoms with Gasteiger partial charge in [-0.15, -0.1) is 0 Å². The van der Waals surface area contributed by atoms with Gasteiger partial charge in [-0.25, -0.2) is 0 Å². The molecule has 0 bridgehead atoms. The van der Waals surface area contributed by atoms with Crippen molar-refractivity contribution in [2.75, 3.05) is 13.7 Å². The molecule has 1 fully saturated rings. The van der Waals surface area contributed by atoms with Gasteiger partial charge in [-0.3, -0.25) is 9.59 Å². The molecule has 2 heterocycles. The number of nitrogens with one attached hydrogen (secondary N) is 1. The summed E-state index contributed by atoms with van der Waals surface area (Å²) >= 11 is 0. The monoisotopic (exact) mass is 342 g/mol. The van der Waals surface area contributed by atoms with Crippen molar-refractivity contribution in [3.8, 4) is 5.75 Å². The summed E-state index contributed by atoms with van der Waals surface area (Å²) in [6.45, 7) is 0.955. The van der Waals surface area contributed by atoms with Crippen molar-refractivity contribution in [2.45, 2.75) is 31.8 Å². The Hall–Kier alpha value is -2.76. The smallest absolute Gasteiger partial charge is 0.243 e. The van der Waals surface area contributed by atoms with Gasteiger partial charge in [0.15, 0.2) is 0 Å². The number of ether oxygens (including phenoxy) is 1. The van der Waals surface area contributed by atoms with Crippen LogP contribution in [0.15, 0.2) is 47.1 Å². The molecule has 1 aliphatic rings. The number of methoxy groups -OCH3 is 1. The molecule has 1 aromatic heterocycles. The fourth-order valence-corrected chi connectivity index (χ4v) is 3.06. The normalized spacial score (nSPS) is 16.7. The predicted octanol–water partition coefficient (Wildman–Crippen LogP) is 2.14. The summed E-state index contributed by atoms with van der Waals surface area (Å²) < 4.78 is 10.3. The topological polar surface area (TPSA) is 71.8 Å². The standard InChI is InChI=1S/C19H22N2O4/c1-24-15-8-6-14(7-9-15)12-18(22)21-10-2-5-17(21)19(23)20-13-16-4-3-11-25-16/h3-4,6-9,11,17H,2,5,10,12-13H2,1H3,(H,20,23)/t17-/m1/s1. The highest BCUT2D eigenvalue weighted by Gasteiger charge is 2.33. The zero-order valence-electron chi connectivity index (χ0n) is 14.2.